The first-order valence-electron chi connectivity index (χ1n) is 11.3. The molecule has 3 aromatic rings. The molecule has 0 unspecified atom stereocenters. The van der Waals surface area contributed by atoms with Crippen LogP contribution in [0.1, 0.15) is 61.3 Å². The summed E-state index contributed by atoms with van der Waals surface area (Å²) in [7, 11) is 0. The topological polar surface area (TPSA) is 88.8 Å². The van der Waals surface area contributed by atoms with Crippen LogP contribution in [0, 0.1) is 6.92 Å². The van der Waals surface area contributed by atoms with Crippen LogP contribution < -0.4 is 5.32 Å². The van der Waals surface area contributed by atoms with Crippen LogP contribution in [-0.2, 0) is 6.54 Å². The standard InChI is InChI=1S/C24H31N7O/c1-5-31-17(4)19(15-27-31)23(32)30-12-9-18(10-13-30)22-20(21-8-6-7-11-25-21)14-26-24(29-22)28-16(2)3/h6-8,11,14-16,18H,5,9-10,12-13H2,1-4H3,(H,26,28,29). The first kappa shape index (κ1) is 21.9. The zero-order chi connectivity index (χ0) is 22.7. The van der Waals surface area contributed by atoms with Crippen molar-refractivity contribution in [1.29, 1.82) is 0 Å². The average Bonchev–Trinajstić information content (AvgIpc) is 3.19. The van der Waals surface area contributed by atoms with E-state index in [1.807, 2.05) is 47.8 Å². The number of carbonyl (C=O) groups is 1. The Morgan fingerprint density at radius 3 is 2.59 bits per heavy atom. The van der Waals surface area contributed by atoms with Crippen LogP contribution in [0.2, 0.25) is 0 Å². The third-order valence-corrected chi connectivity index (χ3v) is 5.98. The van der Waals surface area contributed by atoms with Crippen molar-refractivity contribution in [2.45, 2.75) is 59.0 Å². The predicted molar refractivity (Wildman–Crippen MR) is 125 cm³/mol. The molecule has 0 spiro atoms. The summed E-state index contributed by atoms with van der Waals surface area (Å²) in [6.45, 7) is 10.3. The number of likely N-dealkylation sites (tertiary alicyclic amines) is 1. The molecule has 32 heavy (non-hydrogen) atoms. The zero-order valence-electron chi connectivity index (χ0n) is 19.2. The highest BCUT2D eigenvalue weighted by molar-refractivity contribution is 5.95. The number of piperidine rings is 1. The van der Waals surface area contributed by atoms with Gasteiger partial charge in [-0.05, 0) is 52.7 Å². The first-order valence-corrected chi connectivity index (χ1v) is 11.3. The van der Waals surface area contributed by atoms with Crippen molar-refractivity contribution in [3.63, 3.8) is 0 Å². The number of rotatable bonds is 6. The summed E-state index contributed by atoms with van der Waals surface area (Å²) in [6, 6.07) is 6.12. The summed E-state index contributed by atoms with van der Waals surface area (Å²) in [6.07, 6.45) is 7.06. The number of aromatic nitrogens is 5. The summed E-state index contributed by atoms with van der Waals surface area (Å²) >= 11 is 0. The van der Waals surface area contributed by atoms with Gasteiger partial charge >= 0.3 is 0 Å². The highest BCUT2D eigenvalue weighted by Gasteiger charge is 2.29. The fraction of sp³-hybridized carbons (Fsp3) is 0.458. The van der Waals surface area contributed by atoms with E-state index in [1.165, 1.54) is 0 Å². The molecule has 0 radical (unpaired) electrons. The van der Waals surface area contributed by atoms with E-state index >= 15 is 0 Å². The Morgan fingerprint density at radius 2 is 1.97 bits per heavy atom. The van der Waals surface area contributed by atoms with Gasteiger partial charge in [0.05, 0.1) is 23.1 Å². The molecule has 1 saturated heterocycles. The largest absolute Gasteiger partial charge is 0.352 e. The second-order valence-corrected chi connectivity index (χ2v) is 8.53. The van der Waals surface area contributed by atoms with Crippen molar-refractivity contribution in [1.82, 2.24) is 29.6 Å². The van der Waals surface area contributed by atoms with E-state index in [0.717, 1.165) is 42.0 Å². The molecule has 4 rings (SSSR count). The molecule has 1 N–H and O–H groups in total. The third-order valence-electron chi connectivity index (χ3n) is 5.98. The second kappa shape index (κ2) is 9.46. The molecule has 1 aliphatic heterocycles. The molecule has 8 heteroatoms. The number of amides is 1. The van der Waals surface area contributed by atoms with Gasteiger partial charge in [-0.25, -0.2) is 9.97 Å². The van der Waals surface area contributed by atoms with Gasteiger partial charge in [0.2, 0.25) is 5.95 Å². The molecule has 168 valence electrons. The van der Waals surface area contributed by atoms with Gasteiger partial charge < -0.3 is 10.2 Å². The maximum absolute atomic E-state index is 13.1. The van der Waals surface area contributed by atoms with Crippen molar-refractivity contribution < 1.29 is 4.79 Å². The van der Waals surface area contributed by atoms with Crippen LogP contribution in [0.15, 0.2) is 36.8 Å². The normalized spacial score (nSPS) is 14.7. The number of aryl methyl sites for hydroxylation is 1. The van der Waals surface area contributed by atoms with Crippen molar-refractivity contribution in [3.05, 3.63) is 53.7 Å². The van der Waals surface area contributed by atoms with Gasteiger partial charge in [0, 0.05) is 55.2 Å². The van der Waals surface area contributed by atoms with E-state index in [4.69, 9.17) is 4.98 Å². The van der Waals surface area contributed by atoms with Gasteiger partial charge in [0.1, 0.15) is 0 Å². The number of anilines is 1. The fourth-order valence-corrected chi connectivity index (χ4v) is 4.26. The molecule has 0 bridgehead atoms. The van der Waals surface area contributed by atoms with Gasteiger partial charge in [0.15, 0.2) is 0 Å². The molecular formula is C24H31N7O. The van der Waals surface area contributed by atoms with Gasteiger partial charge in [0.25, 0.3) is 5.91 Å². The average molecular weight is 434 g/mol. The Bertz CT molecular complexity index is 1070. The Morgan fingerprint density at radius 1 is 1.19 bits per heavy atom. The maximum Gasteiger partial charge on any atom is 0.257 e. The van der Waals surface area contributed by atoms with Crippen molar-refractivity contribution >= 4 is 11.9 Å². The molecule has 4 heterocycles. The van der Waals surface area contributed by atoms with E-state index in [-0.39, 0.29) is 17.9 Å². The molecule has 3 aromatic heterocycles. The van der Waals surface area contributed by atoms with Gasteiger partial charge in [-0.15, -0.1) is 0 Å². The zero-order valence-corrected chi connectivity index (χ0v) is 19.2. The van der Waals surface area contributed by atoms with E-state index in [0.29, 0.717) is 24.6 Å². The van der Waals surface area contributed by atoms with Gasteiger partial charge in [-0.3, -0.25) is 14.5 Å². The van der Waals surface area contributed by atoms with E-state index < -0.39 is 0 Å². The summed E-state index contributed by atoms with van der Waals surface area (Å²) < 4.78 is 1.86. The number of hydrogen-bond donors (Lipinski definition) is 1. The summed E-state index contributed by atoms with van der Waals surface area (Å²) in [5, 5.41) is 7.64. The Labute approximate surface area is 189 Å². The number of hydrogen-bond acceptors (Lipinski definition) is 6. The minimum absolute atomic E-state index is 0.0652. The highest BCUT2D eigenvalue weighted by Crippen LogP contribution is 2.34. The lowest BCUT2D eigenvalue weighted by atomic mass is 9.89. The fourth-order valence-electron chi connectivity index (χ4n) is 4.26. The van der Waals surface area contributed by atoms with Crippen molar-refractivity contribution in [2.75, 3.05) is 18.4 Å². The molecule has 1 aliphatic rings. The Balaban J connectivity index is 1.55. The van der Waals surface area contributed by atoms with Crippen LogP contribution in [0.3, 0.4) is 0 Å². The summed E-state index contributed by atoms with van der Waals surface area (Å²) in [5.41, 5.74) is 4.47. The number of nitrogens with one attached hydrogen (secondary N) is 1. The van der Waals surface area contributed by atoms with Crippen LogP contribution in [0.4, 0.5) is 5.95 Å². The third kappa shape index (κ3) is 4.49. The van der Waals surface area contributed by atoms with Crippen molar-refractivity contribution in [2.24, 2.45) is 0 Å². The minimum atomic E-state index is 0.0652. The summed E-state index contributed by atoms with van der Waals surface area (Å²) in [5.74, 6) is 0.942. The van der Waals surface area contributed by atoms with E-state index in [9.17, 15) is 4.79 Å². The molecule has 8 nitrogen and oxygen atoms in total. The highest BCUT2D eigenvalue weighted by atomic mass is 16.2. The Kier molecular flexibility index (Phi) is 6.48. The molecule has 1 fully saturated rings. The molecular weight excluding hydrogens is 402 g/mol. The van der Waals surface area contributed by atoms with E-state index in [2.05, 4.69) is 34.2 Å². The maximum atomic E-state index is 13.1. The van der Waals surface area contributed by atoms with Crippen LogP contribution in [0.25, 0.3) is 11.3 Å². The lowest BCUT2D eigenvalue weighted by Crippen LogP contribution is -2.38. The SMILES string of the molecule is CCn1ncc(C(=O)N2CCC(c3nc(NC(C)C)ncc3-c3ccccn3)CC2)c1C. The lowest BCUT2D eigenvalue weighted by molar-refractivity contribution is 0.0711. The van der Waals surface area contributed by atoms with Crippen LogP contribution in [0.5, 0.6) is 0 Å². The minimum Gasteiger partial charge on any atom is -0.352 e. The molecule has 0 atom stereocenters. The quantitative estimate of drug-likeness (QED) is 0.634. The Hall–Kier alpha value is -3.29. The van der Waals surface area contributed by atoms with Crippen LogP contribution >= 0.6 is 0 Å². The second-order valence-electron chi connectivity index (χ2n) is 8.53. The molecule has 1 amide bonds. The van der Waals surface area contributed by atoms with E-state index in [1.54, 1.807) is 12.4 Å². The number of carbonyl (C=O) groups excluding carboxylic acids is 1. The van der Waals surface area contributed by atoms with Crippen LogP contribution in [-0.4, -0.2) is 54.7 Å². The smallest absolute Gasteiger partial charge is 0.257 e. The van der Waals surface area contributed by atoms with Gasteiger partial charge in [-0.2, -0.15) is 5.10 Å². The molecule has 0 aliphatic carbocycles. The van der Waals surface area contributed by atoms with Gasteiger partial charge in [-0.1, -0.05) is 6.07 Å². The monoisotopic (exact) mass is 433 g/mol. The van der Waals surface area contributed by atoms with Crippen molar-refractivity contribution in [3.8, 4) is 11.3 Å². The molecule has 0 aromatic carbocycles. The number of nitrogens with zero attached hydrogens (tertiary/aromatic N) is 6. The summed E-state index contributed by atoms with van der Waals surface area (Å²) in [4.78, 5) is 29.0. The first-order chi connectivity index (χ1) is 15.5. The predicted octanol–water partition coefficient (Wildman–Crippen LogP) is 3.90. The number of pyridine rings is 1. The lowest BCUT2D eigenvalue weighted by Gasteiger charge is -2.32. The molecule has 0 saturated carbocycles.